The Hall–Kier alpha value is -2.42. The lowest BCUT2D eigenvalue weighted by atomic mass is 9.88. The van der Waals surface area contributed by atoms with Crippen molar-refractivity contribution >= 4 is 28.8 Å². The Bertz CT molecular complexity index is 909. The molecule has 1 aliphatic heterocycles. The van der Waals surface area contributed by atoms with E-state index in [4.69, 9.17) is 12.2 Å². The number of nitrogens with zero attached hydrogens (tertiary/aromatic N) is 3. The molecule has 1 saturated heterocycles. The molecule has 9 heteroatoms. The molecule has 1 aliphatic rings. The van der Waals surface area contributed by atoms with E-state index in [2.05, 4.69) is 10.4 Å². The van der Waals surface area contributed by atoms with Crippen LogP contribution in [0.2, 0.25) is 0 Å². The number of likely N-dealkylation sites (tertiary alicyclic amines) is 1. The van der Waals surface area contributed by atoms with E-state index in [1.54, 1.807) is 24.1 Å². The summed E-state index contributed by atoms with van der Waals surface area (Å²) in [6, 6.07) is 7.35. The number of likely N-dealkylation sites (N-methyl/N-ethyl adjacent to an activating group) is 1. The van der Waals surface area contributed by atoms with E-state index in [1.165, 1.54) is 13.2 Å². The highest BCUT2D eigenvalue weighted by molar-refractivity contribution is 7.80. The molecule has 0 radical (unpaired) electrons. The van der Waals surface area contributed by atoms with Gasteiger partial charge in [0.15, 0.2) is 0 Å². The van der Waals surface area contributed by atoms with Crippen LogP contribution in [0.25, 0.3) is 0 Å². The van der Waals surface area contributed by atoms with Crippen LogP contribution in [0.15, 0.2) is 30.5 Å². The molecule has 1 fully saturated rings. The molecule has 0 aliphatic carbocycles. The molecule has 1 aromatic heterocycles. The maximum Gasteiger partial charge on any atom is 0.433 e. The largest absolute Gasteiger partial charge is 0.433 e. The number of para-hydroxylation sites is 1. The lowest BCUT2D eigenvalue weighted by molar-refractivity contribution is -0.144. The third kappa shape index (κ3) is 3.63. The van der Waals surface area contributed by atoms with Crippen LogP contribution in [0.5, 0.6) is 0 Å². The Morgan fingerprint density at radius 2 is 2.00 bits per heavy atom. The average Bonchev–Trinajstić information content (AvgIpc) is 3.15. The van der Waals surface area contributed by atoms with E-state index in [0.717, 1.165) is 16.7 Å². The van der Waals surface area contributed by atoms with Crippen LogP contribution >= 0.6 is 12.2 Å². The molecule has 1 amide bonds. The molecule has 150 valence electrons. The van der Waals surface area contributed by atoms with Crippen LogP contribution in [0.3, 0.4) is 0 Å². The van der Waals surface area contributed by atoms with Gasteiger partial charge in [0.2, 0.25) is 5.91 Å². The van der Waals surface area contributed by atoms with E-state index in [0.29, 0.717) is 10.7 Å². The van der Waals surface area contributed by atoms with Crippen LogP contribution in [0, 0.1) is 5.92 Å². The number of nitrogens with one attached hydrogen (secondary N) is 1. The van der Waals surface area contributed by atoms with E-state index < -0.39 is 29.6 Å². The lowest BCUT2D eigenvalue weighted by Crippen LogP contribution is -2.32. The number of aryl methyl sites for hydroxylation is 2. The zero-order chi connectivity index (χ0) is 20.6. The molecule has 0 bridgehead atoms. The van der Waals surface area contributed by atoms with Crippen molar-refractivity contribution < 1.29 is 18.0 Å². The van der Waals surface area contributed by atoms with Crippen molar-refractivity contribution in [3.05, 3.63) is 47.3 Å². The maximum atomic E-state index is 13.6. The first kappa shape index (κ1) is 20.3. The number of hydrogen-bond donors (Lipinski definition) is 1. The number of amides is 1. The van der Waals surface area contributed by atoms with E-state index >= 15 is 0 Å². The molecule has 0 saturated carbocycles. The fourth-order valence-corrected chi connectivity index (χ4v) is 4.05. The number of anilines is 1. The summed E-state index contributed by atoms with van der Waals surface area (Å²) in [6.07, 6.45) is -2.66. The van der Waals surface area contributed by atoms with E-state index in [9.17, 15) is 18.0 Å². The predicted molar refractivity (Wildman–Crippen MR) is 104 cm³/mol. The summed E-state index contributed by atoms with van der Waals surface area (Å²) in [4.78, 5) is 15.0. The van der Waals surface area contributed by atoms with Crippen molar-refractivity contribution in [3.8, 4) is 0 Å². The van der Waals surface area contributed by atoms with Crippen LogP contribution in [-0.2, 0) is 24.4 Å². The minimum atomic E-state index is -4.57. The number of aromatic nitrogens is 2. The molecule has 1 N–H and O–H groups in total. The number of halogens is 3. The molecule has 0 unspecified atom stereocenters. The second kappa shape index (κ2) is 7.54. The first-order valence-corrected chi connectivity index (χ1v) is 9.28. The summed E-state index contributed by atoms with van der Waals surface area (Å²) >= 11 is 5.39. The van der Waals surface area contributed by atoms with Gasteiger partial charge in [0, 0.05) is 37.8 Å². The minimum Gasteiger partial charge on any atom is -0.368 e. The maximum absolute atomic E-state index is 13.6. The van der Waals surface area contributed by atoms with Gasteiger partial charge in [-0.1, -0.05) is 37.3 Å². The third-order valence-corrected chi connectivity index (χ3v) is 5.65. The van der Waals surface area contributed by atoms with Crippen LogP contribution in [-0.4, -0.2) is 39.2 Å². The number of carbonyl (C=O) groups excluding carboxylic acids is 1. The first-order chi connectivity index (χ1) is 13.1. The molecule has 2 heterocycles. The fourth-order valence-electron chi connectivity index (χ4n) is 3.71. The number of benzene rings is 1. The minimum absolute atomic E-state index is 0.00868. The zero-order valence-corrected chi connectivity index (χ0v) is 16.6. The van der Waals surface area contributed by atoms with Gasteiger partial charge in [0.25, 0.3) is 0 Å². The van der Waals surface area contributed by atoms with Gasteiger partial charge < -0.3 is 10.2 Å². The molecule has 28 heavy (non-hydrogen) atoms. The number of carbonyl (C=O) groups is 1. The van der Waals surface area contributed by atoms with Crippen molar-refractivity contribution in [1.82, 2.24) is 14.7 Å². The highest BCUT2D eigenvalue weighted by Crippen LogP contribution is 2.41. The van der Waals surface area contributed by atoms with Crippen molar-refractivity contribution in [3.63, 3.8) is 0 Å². The Balaban J connectivity index is 1.97. The smallest absolute Gasteiger partial charge is 0.368 e. The van der Waals surface area contributed by atoms with Crippen molar-refractivity contribution in [2.75, 3.05) is 18.9 Å². The Kier molecular flexibility index (Phi) is 5.47. The van der Waals surface area contributed by atoms with Crippen LogP contribution in [0.1, 0.15) is 29.7 Å². The second-order valence-corrected chi connectivity index (χ2v) is 7.29. The lowest BCUT2D eigenvalue weighted by Gasteiger charge is -2.20. The molecular weight excluding hydrogens is 389 g/mol. The summed E-state index contributed by atoms with van der Waals surface area (Å²) in [5, 5.41) is 6.64. The monoisotopic (exact) mass is 410 g/mol. The molecule has 3 rings (SSSR count). The summed E-state index contributed by atoms with van der Waals surface area (Å²) in [5.74, 6) is -2.01. The van der Waals surface area contributed by atoms with E-state index in [-0.39, 0.29) is 12.1 Å². The normalized spacial score (nSPS) is 19.9. The van der Waals surface area contributed by atoms with Gasteiger partial charge in [0.1, 0.15) is 5.69 Å². The van der Waals surface area contributed by atoms with E-state index in [1.807, 2.05) is 19.1 Å². The third-order valence-electron chi connectivity index (χ3n) is 5.09. The molecule has 2 atom stereocenters. The molecule has 0 spiro atoms. The van der Waals surface area contributed by atoms with Gasteiger partial charge >= 0.3 is 6.18 Å². The SMILES string of the molecule is CCc1ccccc1NC(=O)[C@H]1C(=S)N(C)C[C@@H]1c1cnn(C)c1C(F)(F)F. The summed E-state index contributed by atoms with van der Waals surface area (Å²) < 4.78 is 41.5. The highest BCUT2D eigenvalue weighted by atomic mass is 32.1. The highest BCUT2D eigenvalue weighted by Gasteiger charge is 2.47. The number of alkyl halides is 3. The van der Waals surface area contributed by atoms with Crippen molar-refractivity contribution in [2.45, 2.75) is 25.4 Å². The molecule has 5 nitrogen and oxygen atoms in total. The first-order valence-electron chi connectivity index (χ1n) is 8.88. The summed E-state index contributed by atoms with van der Waals surface area (Å²) in [6.45, 7) is 2.19. The summed E-state index contributed by atoms with van der Waals surface area (Å²) in [5.41, 5.74) is 0.739. The van der Waals surface area contributed by atoms with Crippen molar-refractivity contribution in [2.24, 2.45) is 13.0 Å². The van der Waals surface area contributed by atoms with Gasteiger partial charge in [0.05, 0.1) is 17.1 Å². The van der Waals surface area contributed by atoms with Gasteiger partial charge in [-0.15, -0.1) is 0 Å². The Morgan fingerprint density at radius 1 is 1.32 bits per heavy atom. The molecule has 2 aromatic rings. The summed E-state index contributed by atoms with van der Waals surface area (Å²) in [7, 11) is 2.93. The molecule has 1 aromatic carbocycles. The van der Waals surface area contributed by atoms with Gasteiger partial charge in [-0.05, 0) is 18.1 Å². The number of thiocarbonyl (C=S) groups is 1. The van der Waals surface area contributed by atoms with Crippen molar-refractivity contribution in [1.29, 1.82) is 0 Å². The predicted octanol–water partition coefficient (Wildman–Crippen LogP) is 3.61. The Morgan fingerprint density at radius 3 is 2.64 bits per heavy atom. The van der Waals surface area contributed by atoms with Gasteiger partial charge in [-0.2, -0.15) is 18.3 Å². The average molecular weight is 410 g/mol. The standard InChI is InChI=1S/C19H21F3N4OS/c1-4-11-7-5-6-8-14(11)24-17(27)15-13(10-25(2)18(15)28)12-9-23-26(3)16(12)19(20,21)22/h5-9,13,15H,4,10H2,1-3H3,(H,24,27)/t13-,15+/m1/s1. The molecular formula is C19H21F3N4OS. The zero-order valence-electron chi connectivity index (χ0n) is 15.7. The number of rotatable bonds is 4. The fraction of sp³-hybridized carbons (Fsp3) is 0.421. The van der Waals surface area contributed by atoms with Crippen LogP contribution in [0.4, 0.5) is 18.9 Å². The number of hydrogen-bond acceptors (Lipinski definition) is 3. The second-order valence-electron chi connectivity index (χ2n) is 6.87. The van der Waals surface area contributed by atoms with Gasteiger partial charge in [-0.3, -0.25) is 9.48 Å². The van der Waals surface area contributed by atoms with Gasteiger partial charge in [-0.25, -0.2) is 0 Å². The topological polar surface area (TPSA) is 50.2 Å². The Labute approximate surface area is 166 Å². The van der Waals surface area contributed by atoms with Crippen LogP contribution < -0.4 is 5.32 Å². The quantitative estimate of drug-likeness (QED) is 0.783.